The van der Waals surface area contributed by atoms with Gasteiger partial charge in [0.15, 0.2) is 5.78 Å². The number of nitrogens with zero attached hydrogens (tertiary/aromatic N) is 1. The number of thioether (sulfide) groups is 1. The van der Waals surface area contributed by atoms with Gasteiger partial charge in [0, 0.05) is 28.6 Å². The lowest BCUT2D eigenvalue weighted by molar-refractivity contribution is -0.122. The molecule has 1 aliphatic heterocycles. The van der Waals surface area contributed by atoms with Crippen molar-refractivity contribution in [3.8, 4) is 5.75 Å². The number of fused-ring (bicyclic) bond motifs is 3. The van der Waals surface area contributed by atoms with Gasteiger partial charge in [0.25, 0.3) is 5.56 Å². The van der Waals surface area contributed by atoms with Gasteiger partial charge < -0.3 is 9.30 Å². The van der Waals surface area contributed by atoms with Crippen LogP contribution < -0.4 is 10.3 Å². The number of halogens is 1. The summed E-state index contributed by atoms with van der Waals surface area (Å²) in [4.78, 5) is 26.5. The maximum atomic E-state index is 12.9. The molecule has 0 spiro atoms. The Balaban J connectivity index is 1.66. The number of hydrogen-bond donors (Lipinski definition) is 0. The summed E-state index contributed by atoms with van der Waals surface area (Å²) in [5.41, 5.74) is 1.35. The molecule has 0 radical (unpaired) electrons. The minimum absolute atomic E-state index is 0.107. The van der Waals surface area contributed by atoms with E-state index >= 15 is 0 Å². The Morgan fingerprint density at radius 1 is 1.23 bits per heavy atom. The molecule has 4 nitrogen and oxygen atoms in total. The second kappa shape index (κ2) is 6.82. The smallest absolute Gasteiger partial charge is 0.255 e. The van der Waals surface area contributed by atoms with Crippen molar-refractivity contribution in [1.29, 1.82) is 0 Å². The number of aromatic nitrogens is 1. The molecule has 0 saturated heterocycles. The standard InChI is InChI=1S/C20H16ClNO3S/c1-22-15-8-4-2-6-12(15)19-18(20(22)24)13(11-26-19)16(23)10-25-17-9-5-3-7-14(17)21/h2-9,13H,10-11H2,1H3. The molecule has 26 heavy (non-hydrogen) atoms. The normalized spacial score (nSPS) is 15.8. The highest BCUT2D eigenvalue weighted by Gasteiger charge is 2.34. The Hall–Kier alpha value is -2.24. The van der Waals surface area contributed by atoms with Gasteiger partial charge in [-0.15, -0.1) is 11.8 Å². The van der Waals surface area contributed by atoms with Crippen molar-refractivity contribution in [2.24, 2.45) is 7.05 Å². The molecule has 2 heterocycles. The summed E-state index contributed by atoms with van der Waals surface area (Å²) in [5, 5.41) is 1.47. The molecule has 132 valence electrons. The Morgan fingerprint density at radius 3 is 2.77 bits per heavy atom. The Bertz CT molecular complexity index is 1080. The molecule has 0 saturated carbocycles. The number of aryl methyl sites for hydroxylation is 1. The molecular weight excluding hydrogens is 370 g/mol. The highest BCUT2D eigenvalue weighted by atomic mass is 35.5. The molecule has 3 aromatic rings. The van der Waals surface area contributed by atoms with Gasteiger partial charge in [-0.25, -0.2) is 0 Å². The summed E-state index contributed by atoms with van der Waals surface area (Å²) >= 11 is 7.63. The molecule has 1 atom stereocenters. The molecule has 1 aliphatic rings. The van der Waals surface area contributed by atoms with Crippen molar-refractivity contribution >= 4 is 40.0 Å². The summed E-state index contributed by atoms with van der Waals surface area (Å²) < 4.78 is 7.20. The Morgan fingerprint density at radius 2 is 1.96 bits per heavy atom. The van der Waals surface area contributed by atoms with E-state index in [-0.39, 0.29) is 17.9 Å². The molecule has 2 aromatic carbocycles. The van der Waals surface area contributed by atoms with Crippen LogP contribution in [0.4, 0.5) is 0 Å². The quantitative estimate of drug-likeness (QED) is 0.680. The molecule has 0 aliphatic carbocycles. The number of carbonyl (C=O) groups excluding carboxylic acids is 1. The van der Waals surface area contributed by atoms with Gasteiger partial charge in [0.1, 0.15) is 12.4 Å². The molecule has 1 aromatic heterocycles. The molecule has 0 amide bonds. The number of rotatable bonds is 4. The third-order valence-corrected chi connectivity index (χ3v) is 6.17. The fourth-order valence-corrected chi connectivity index (χ4v) is 4.86. The van der Waals surface area contributed by atoms with E-state index in [1.807, 2.05) is 24.3 Å². The molecule has 0 fully saturated rings. The number of ether oxygens (including phenoxy) is 1. The SMILES string of the molecule is Cn1c(=O)c2c(c3ccccc31)SCC2C(=O)COc1ccccc1Cl. The summed E-state index contributed by atoms with van der Waals surface area (Å²) in [7, 11) is 1.75. The molecule has 6 heteroatoms. The lowest BCUT2D eigenvalue weighted by atomic mass is 9.96. The van der Waals surface area contributed by atoms with Crippen LogP contribution in [0, 0.1) is 0 Å². The zero-order chi connectivity index (χ0) is 18.3. The third kappa shape index (κ3) is 2.81. The number of benzene rings is 2. The van der Waals surface area contributed by atoms with Crippen molar-refractivity contribution < 1.29 is 9.53 Å². The van der Waals surface area contributed by atoms with Crippen LogP contribution in [0.2, 0.25) is 5.02 Å². The average molecular weight is 386 g/mol. The fraction of sp³-hybridized carbons (Fsp3) is 0.200. The van der Waals surface area contributed by atoms with E-state index in [2.05, 4.69) is 0 Å². The minimum Gasteiger partial charge on any atom is -0.484 e. The van der Waals surface area contributed by atoms with Crippen LogP contribution in [-0.2, 0) is 11.8 Å². The van der Waals surface area contributed by atoms with E-state index in [9.17, 15) is 9.59 Å². The average Bonchev–Trinajstić information content (AvgIpc) is 3.11. The van der Waals surface area contributed by atoms with Crippen LogP contribution in [0.1, 0.15) is 11.5 Å². The van der Waals surface area contributed by atoms with Gasteiger partial charge in [-0.1, -0.05) is 41.9 Å². The molecule has 0 N–H and O–H groups in total. The van der Waals surface area contributed by atoms with Crippen LogP contribution in [0.25, 0.3) is 10.9 Å². The number of ketones is 1. The van der Waals surface area contributed by atoms with Crippen LogP contribution in [0.15, 0.2) is 58.2 Å². The zero-order valence-corrected chi connectivity index (χ0v) is 15.6. The first-order chi connectivity index (χ1) is 12.6. The van der Waals surface area contributed by atoms with Crippen molar-refractivity contribution in [3.63, 3.8) is 0 Å². The van der Waals surface area contributed by atoms with Gasteiger partial charge in [-0.05, 0) is 18.2 Å². The Labute approximate surface area is 159 Å². The lowest BCUT2D eigenvalue weighted by Crippen LogP contribution is -2.28. The van der Waals surface area contributed by atoms with E-state index in [0.29, 0.717) is 22.1 Å². The predicted molar refractivity (Wildman–Crippen MR) is 105 cm³/mol. The molecule has 0 bridgehead atoms. The first-order valence-corrected chi connectivity index (χ1v) is 9.58. The number of Topliss-reactive ketones (excluding diaryl/α,β-unsaturated/α-hetero) is 1. The first-order valence-electron chi connectivity index (χ1n) is 8.22. The second-order valence-corrected chi connectivity index (χ2v) is 7.61. The van der Waals surface area contributed by atoms with Gasteiger partial charge in [-0.3, -0.25) is 9.59 Å². The van der Waals surface area contributed by atoms with E-state index in [1.165, 1.54) is 0 Å². The van der Waals surface area contributed by atoms with Gasteiger partial charge in [-0.2, -0.15) is 0 Å². The first kappa shape index (κ1) is 17.2. The molecule has 4 rings (SSSR count). The van der Waals surface area contributed by atoms with Crippen molar-refractivity contribution in [2.75, 3.05) is 12.4 Å². The van der Waals surface area contributed by atoms with Crippen LogP contribution in [0.5, 0.6) is 5.75 Å². The highest BCUT2D eigenvalue weighted by Crippen LogP contribution is 2.42. The van der Waals surface area contributed by atoms with Crippen molar-refractivity contribution in [2.45, 2.75) is 10.8 Å². The van der Waals surface area contributed by atoms with Gasteiger partial charge >= 0.3 is 0 Å². The monoisotopic (exact) mass is 385 g/mol. The maximum Gasteiger partial charge on any atom is 0.255 e. The van der Waals surface area contributed by atoms with Crippen LogP contribution in [-0.4, -0.2) is 22.7 Å². The van der Waals surface area contributed by atoms with E-state index in [1.54, 1.807) is 47.6 Å². The zero-order valence-electron chi connectivity index (χ0n) is 14.1. The minimum atomic E-state index is -0.458. The number of hydrogen-bond acceptors (Lipinski definition) is 4. The van der Waals surface area contributed by atoms with E-state index < -0.39 is 5.92 Å². The maximum absolute atomic E-state index is 12.9. The van der Waals surface area contributed by atoms with Crippen LogP contribution >= 0.6 is 23.4 Å². The number of carbonyl (C=O) groups is 1. The van der Waals surface area contributed by atoms with Gasteiger partial charge in [0.2, 0.25) is 0 Å². The largest absolute Gasteiger partial charge is 0.484 e. The summed E-state index contributed by atoms with van der Waals surface area (Å²) in [6, 6.07) is 14.8. The third-order valence-electron chi connectivity index (χ3n) is 4.63. The van der Waals surface area contributed by atoms with Crippen molar-refractivity contribution in [3.05, 3.63) is 69.5 Å². The Kier molecular flexibility index (Phi) is 4.51. The lowest BCUT2D eigenvalue weighted by Gasteiger charge is -2.13. The number of para-hydroxylation sites is 2. The van der Waals surface area contributed by atoms with Crippen molar-refractivity contribution in [1.82, 2.24) is 4.57 Å². The van der Waals surface area contributed by atoms with Crippen LogP contribution in [0.3, 0.4) is 0 Å². The predicted octanol–water partition coefficient (Wildman–Crippen LogP) is 4.03. The highest BCUT2D eigenvalue weighted by molar-refractivity contribution is 8.00. The molecule has 1 unspecified atom stereocenters. The topological polar surface area (TPSA) is 48.3 Å². The van der Waals surface area contributed by atoms with Gasteiger partial charge in [0.05, 0.1) is 16.5 Å². The second-order valence-electron chi connectivity index (χ2n) is 6.17. The summed E-state index contributed by atoms with van der Waals surface area (Å²) in [6.07, 6.45) is 0. The fourth-order valence-electron chi connectivity index (χ4n) is 3.27. The number of pyridine rings is 1. The molecular formula is C20H16ClNO3S. The van der Waals surface area contributed by atoms with E-state index in [4.69, 9.17) is 16.3 Å². The van der Waals surface area contributed by atoms with E-state index in [0.717, 1.165) is 15.8 Å². The summed E-state index contributed by atoms with van der Waals surface area (Å²) in [6.45, 7) is -0.107. The summed E-state index contributed by atoms with van der Waals surface area (Å²) in [5.74, 6) is 0.465.